The molecule has 0 aliphatic heterocycles. The van der Waals surface area contributed by atoms with Gasteiger partial charge in [0.1, 0.15) is 5.75 Å². The molecule has 4 nitrogen and oxygen atoms in total. The Kier molecular flexibility index (Phi) is 4.30. The molecule has 2 aromatic rings. The molecule has 0 aliphatic rings. The molecule has 0 fully saturated rings. The number of benzene rings is 1. The number of nitrogens with zero attached hydrogens (tertiary/aromatic N) is 2. The van der Waals surface area contributed by atoms with Crippen LogP contribution < -0.4 is 10.2 Å². The minimum absolute atomic E-state index is 0.679. The maximum Gasteiger partial charge on any atom is 0.203 e. The molecule has 1 heterocycles. The third-order valence-electron chi connectivity index (χ3n) is 2.18. The number of ether oxygens (including phenoxy) is 1. The summed E-state index contributed by atoms with van der Waals surface area (Å²) in [7, 11) is 0. The van der Waals surface area contributed by atoms with Crippen molar-refractivity contribution in [3.8, 4) is 5.75 Å². The molecule has 0 atom stereocenters. The zero-order valence-electron chi connectivity index (χ0n) is 10.4. The third-order valence-corrected chi connectivity index (χ3v) is 3.05. The number of nitrogens with one attached hydrogen (secondary N) is 1. The molecular formula is C13H15N3OS. The lowest BCUT2D eigenvalue weighted by atomic mass is 10.2. The minimum Gasteiger partial charge on any atom is -0.494 e. The summed E-state index contributed by atoms with van der Waals surface area (Å²) >= 11 is 1.54. The van der Waals surface area contributed by atoms with Crippen LogP contribution >= 0.6 is 11.3 Å². The lowest BCUT2D eigenvalue weighted by Gasteiger charge is -2.01. The fourth-order valence-electron chi connectivity index (χ4n) is 1.38. The van der Waals surface area contributed by atoms with E-state index in [2.05, 4.69) is 15.5 Å². The van der Waals surface area contributed by atoms with Crippen LogP contribution in [0.25, 0.3) is 0 Å². The van der Waals surface area contributed by atoms with Crippen LogP contribution in [0, 0.1) is 6.92 Å². The zero-order valence-corrected chi connectivity index (χ0v) is 11.2. The highest BCUT2D eigenvalue weighted by molar-refractivity contribution is 7.13. The van der Waals surface area contributed by atoms with E-state index in [1.807, 2.05) is 43.5 Å². The van der Waals surface area contributed by atoms with Gasteiger partial charge in [0.2, 0.25) is 5.13 Å². The summed E-state index contributed by atoms with van der Waals surface area (Å²) in [6, 6.07) is 7.78. The van der Waals surface area contributed by atoms with Crippen molar-refractivity contribution in [1.82, 2.24) is 4.98 Å². The Morgan fingerprint density at radius 3 is 2.78 bits per heavy atom. The lowest BCUT2D eigenvalue weighted by Crippen LogP contribution is -1.92. The standard InChI is InChI=1S/C13H15N3OS/c1-3-17-12-6-4-11(5-7-12)8-14-16-13-15-10(2)9-18-13/h4-9H,3H2,1-2H3,(H,15,16)/b14-8+. The quantitative estimate of drug-likeness (QED) is 0.663. The number of hydrazone groups is 1. The predicted molar refractivity (Wildman–Crippen MR) is 75.7 cm³/mol. The molecule has 0 saturated carbocycles. The van der Waals surface area contributed by atoms with Gasteiger partial charge >= 0.3 is 0 Å². The maximum atomic E-state index is 5.37. The summed E-state index contributed by atoms with van der Waals surface area (Å²) in [5.41, 5.74) is 4.91. The second kappa shape index (κ2) is 6.16. The minimum atomic E-state index is 0.679. The molecule has 1 N–H and O–H groups in total. The Labute approximate surface area is 110 Å². The molecule has 0 amide bonds. The highest BCUT2D eigenvalue weighted by Crippen LogP contribution is 2.14. The molecule has 1 aromatic heterocycles. The first-order chi connectivity index (χ1) is 8.78. The molecule has 0 unspecified atom stereocenters. The van der Waals surface area contributed by atoms with E-state index < -0.39 is 0 Å². The first-order valence-corrected chi connectivity index (χ1v) is 6.60. The van der Waals surface area contributed by atoms with Crippen molar-refractivity contribution in [1.29, 1.82) is 0 Å². The van der Waals surface area contributed by atoms with Gasteiger partial charge in [-0.05, 0) is 43.7 Å². The number of hydrogen-bond acceptors (Lipinski definition) is 5. The van der Waals surface area contributed by atoms with E-state index in [-0.39, 0.29) is 0 Å². The largest absolute Gasteiger partial charge is 0.494 e. The first-order valence-electron chi connectivity index (χ1n) is 5.72. The number of thiazole rings is 1. The third kappa shape index (κ3) is 3.56. The number of aromatic nitrogens is 1. The molecule has 0 aliphatic carbocycles. The zero-order chi connectivity index (χ0) is 12.8. The van der Waals surface area contributed by atoms with Gasteiger partial charge in [-0.1, -0.05) is 0 Å². The summed E-state index contributed by atoms with van der Waals surface area (Å²) in [5.74, 6) is 0.873. The van der Waals surface area contributed by atoms with Crippen molar-refractivity contribution in [2.45, 2.75) is 13.8 Å². The normalized spacial score (nSPS) is 10.8. The maximum absolute atomic E-state index is 5.37. The van der Waals surface area contributed by atoms with Gasteiger partial charge in [0, 0.05) is 5.38 Å². The van der Waals surface area contributed by atoms with Gasteiger partial charge in [-0.2, -0.15) is 5.10 Å². The van der Waals surface area contributed by atoms with Gasteiger partial charge in [0.15, 0.2) is 0 Å². The Bertz CT molecular complexity index is 519. The van der Waals surface area contributed by atoms with Gasteiger partial charge in [0.05, 0.1) is 18.5 Å². The van der Waals surface area contributed by atoms with Crippen molar-refractivity contribution in [3.05, 3.63) is 40.9 Å². The number of anilines is 1. The molecule has 0 bridgehead atoms. The van der Waals surface area contributed by atoms with Crippen molar-refractivity contribution >= 4 is 22.7 Å². The van der Waals surface area contributed by atoms with Gasteiger partial charge in [-0.3, -0.25) is 5.43 Å². The van der Waals surface area contributed by atoms with Crippen molar-refractivity contribution in [3.63, 3.8) is 0 Å². The highest BCUT2D eigenvalue weighted by Gasteiger charge is 1.95. The van der Waals surface area contributed by atoms with E-state index in [0.29, 0.717) is 6.61 Å². The predicted octanol–water partition coefficient (Wildman–Crippen LogP) is 3.30. The molecule has 0 spiro atoms. The van der Waals surface area contributed by atoms with E-state index in [4.69, 9.17) is 4.74 Å². The second-order valence-corrected chi connectivity index (χ2v) is 4.52. The molecule has 18 heavy (non-hydrogen) atoms. The summed E-state index contributed by atoms with van der Waals surface area (Å²) < 4.78 is 5.37. The molecule has 1 aromatic carbocycles. The topological polar surface area (TPSA) is 46.5 Å². The molecule has 5 heteroatoms. The van der Waals surface area contributed by atoms with E-state index in [1.54, 1.807) is 6.21 Å². The van der Waals surface area contributed by atoms with E-state index >= 15 is 0 Å². The van der Waals surface area contributed by atoms with Crippen LogP contribution in [0.15, 0.2) is 34.7 Å². The summed E-state index contributed by atoms with van der Waals surface area (Å²) in [5, 5.41) is 6.91. The van der Waals surface area contributed by atoms with Gasteiger partial charge in [0.25, 0.3) is 0 Å². The van der Waals surface area contributed by atoms with E-state index in [0.717, 1.165) is 22.1 Å². The van der Waals surface area contributed by atoms with Crippen LogP contribution in [-0.4, -0.2) is 17.8 Å². The average Bonchev–Trinajstić information content (AvgIpc) is 2.78. The highest BCUT2D eigenvalue weighted by atomic mass is 32.1. The Morgan fingerprint density at radius 1 is 1.39 bits per heavy atom. The number of aryl methyl sites for hydroxylation is 1. The fourth-order valence-corrected chi connectivity index (χ4v) is 2.02. The van der Waals surface area contributed by atoms with Crippen LogP contribution in [0.1, 0.15) is 18.2 Å². The summed E-state index contributed by atoms with van der Waals surface area (Å²) in [4.78, 5) is 4.25. The fraction of sp³-hybridized carbons (Fsp3) is 0.231. The van der Waals surface area contributed by atoms with Gasteiger partial charge in [-0.25, -0.2) is 4.98 Å². The average molecular weight is 261 g/mol. The number of hydrogen-bond donors (Lipinski definition) is 1. The Hall–Kier alpha value is -1.88. The van der Waals surface area contributed by atoms with E-state index in [1.165, 1.54) is 11.3 Å². The smallest absolute Gasteiger partial charge is 0.203 e. The number of rotatable bonds is 5. The van der Waals surface area contributed by atoms with Crippen LogP contribution in [0.5, 0.6) is 5.75 Å². The SMILES string of the molecule is CCOc1ccc(/C=N/Nc2nc(C)cs2)cc1. The van der Waals surface area contributed by atoms with Crippen LogP contribution in [0.2, 0.25) is 0 Å². The molecule has 2 rings (SSSR count). The summed E-state index contributed by atoms with van der Waals surface area (Å²) in [6.07, 6.45) is 1.76. The van der Waals surface area contributed by atoms with Crippen molar-refractivity contribution < 1.29 is 4.74 Å². The molecule has 0 radical (unpaired) electrons. The second-order valence-electron chi connectivity index (χ2n) is 3.67. The lowest BCUT2D eigenvalue weighted by molar-refractivity contribution is 0.340. The van der Waals surface area contributed by atoms with Crippen LogP contribution in [0.3, 0.4) is 0 Å². The van der Waals surface area contributed by atoms with Gasteiger partial charge < -0.3 is 4.74 Å². The van der Waals surface area contributed by atoms with Crippen LogP contribution in [0.4, 0.5) is 5.13 Å². The van der Waals surface area contributed by atoms with Gasteiger partial charge in [-0.15, -0.1) is 11.3 Å². The molecule has 0 saturated heterocycles. The summed E-state index contributed by atoms with van der Waals surface area (Å²) in [6.45, 7) is 4.60. The molecule has 94 valence electrons. The first kappa shape index (κ1) is 12.6. The Balaban J connectivity index is 1.92. The molecular weight excluding hydrogens is 246 g/mol. The monoisotopic (exact) mass is 261 g/mol. The van der Waals surface area contributed by atoms with Crippen molar-refractivity contribution in [2.24, 2.45) is 5.10 Å². The van der Waals surface area contributed by atoms with Crippen molar-refractivity contribution in [2.75, 3.05) is 12.0 Å². The Morgan fingerprint density at radius 2 is 2.17 bits per heavy atom. The van der Waals surface area contributed by atoms with Crippen LogP contribution in [-0.2, 0) is 0 Å². The van der Waals surface area contributed by atoms with E-state index in [9.17, 15) is 0 Å².